The van der Waals surface area contributed by atoms with E-state index in [1.807, 2.05) is 54.8 Å². The van der Waals surface area contributed by atoms with Gasteiger partial charge < -0.3 is 20.1 Å². The van der Waals surface area contributed by atoms with Crippen LogP contribution in [0.1, 0.15) is 12.5 Å². The second kappa shape index (κ2) is 7.98. The Morgan fingerprint density at radius 3 is 2.66 bits per heavy atom. The highest BCUT2D eigenvalue weighted by atomic mass is 16.2. The molecule has 0 spiro atoms. The van der Waals surface area contributed by atoms with Gasteiger partial charge in [-0.15, -0.1) is 0 Å². The maximum Gasteiger partial charge on any atom is 0.245 e. The van der Waals surface area contributed by atoms with Gasteiger partial charge in [0.15, 0.2) is 0 Å². The zero-order valence-corrected chi connectivity index (χ0v) is 16.8. The zero-order chi connectivity index (χ0) is 20.4. The van der Waals surface area contributed by atoms with Crippen molar-refractivity contribution >= 4 is 28.4 Å². The molecule has 1 atom stereocenters. The highest BCUT2D eigenvalue weighted by Gasteiger charge is 2.29. The van der Waals surface area contributed by atoms with E-state index in [2.05, 4.69) is 20.3 Å². The lowest BCUT2D eigenvalue weighted by Crippen LogP contribution is -2.55. The monoisotopic (exact) mass is 394 g/mol. The number of carbonyl (C=O) groups is 2. The molecule has 0 bridgehead atoms. The Bertz CT molecular complexity index is 1020. The number of hydrogen-bond donors (Lipinski definition) is 2. The first-order valence-electron chi connectivity index (χ1n) is 9.86. The lowest BCUT2D eigenvalue weighted by molar-refractivity contribution is -0.136. The third-order valence-electron chi connectivity index (χ3n) is 5.42. The maximum absolute atomic E-state index is 13.2. The Balaban J connectivity index is 1.45. The van der Waals surface area contributed by atoms with Gasteiger partial charge in [0.2, 0.25) is 11.8 Å². The summed E-state index contributed by atoms with van der Waals surface area (Å²) >= 11 is 0. The van der Waals surface area contributed by atoms with Crippen LogP contribution in [0.3, 0.4) is 0 Å². The summed E-state index contributed by atoms with van der Waals surface area (Å²) in [4.78, 5) is 32.3. The molecule has 1 aliphatic rings. The summed E-state index contributed by atoms with van der Waals surface area (Å²) in [6, 6.07) is 7.42. The van der Waals surface area contributed by atoms with Crippen molar-refractivity contribution in [2.45, 2.75) is 19.4 Å². The van der Waals surface area contributed by atoms with Crippen LogP contribution in [0.2, 0.25) is 0 Å². The predicted octanol–water partition coefficient (Wildman–Crippen LogP) is 1.30. The highest BCUT2D eigenvalue weighted by Crippen LogP contribution is 2.20. The van der Waals surface area contributed by atoms with Crippen LogP contribution in [0, 0.1) is 0 Å². The summed E-state index contributed by atoms with van der Waals surface area (Å²) < 4.78 is 1.78. The second-order valence-electron chi connectivity index (χ2n) is 7.50. The molecule has 8 nitrogen and oxygen atoms in total. The third kappa shape index (κ3) is 4.11. The Labute approximate surface area is 169 Å². The molecule has 2 amide bonds. The van der Waals surface area contributed by atoms with Crippen molar-refractivity contribution in [3.8, 4) is 0 Å². The summed E-state index contributed by atoms with van der Waals surface area (Å²) in [7, 11) is 1.89. The number of rotatable bonds is 5. The fraction of sp³-hybridized carbons (Fsp3) is 0.381. The number of aryl methyl sites for hydroxylation is 1. The van der Waals surface area contributed by atoms with Gasteiger partial charge in [0.05, 0.1) is 11.9 Å². The van der Waals surface area contributed by atoms with Crippen molar-refractivity contribution in [1.82, 2.24) is 25.0 Å². The molecule has 4 rings (SSSR count). The van der Waals surface area contributed by atoms with Gasteiger partial charge in [-0.25, -0.2) is 0 Å². The Morgan fingerprint density at radius 2 is 1.97 bits per heavy atom. The molecule has 3 heterocycles. The van der Waals surface area contributed by atoms with Crippen LogP contribution in [0.4, 0.5) is 5.69 Å². The number of benzene rings is 1. The van der Waals surface area contributed by atoms with Gasteiger partial charge in [0.1, 0.15) is 6.04 Å². The van der Waals surface area contributed by atoms with E-state index in [0.29, 0.717) is 19.5 Å². The van der Waals surface area contributed by atoms with Gasteiger partial charge in [-0.1, -0.05) is 18.2 Å². The summed E-state index contributed by atoms with van der Waals surface area (Å²) in [6.07, 6.45) is 6.21. The molecule has 2 aromatic heterocycles. The average Bonchev–Trinajstić information content (AvgIpc) is 3.33. The quantitative estimate of drug-likeness (QED) is 0.683. The minimum absolute atomic E-state index is 0.0312. The minimum Gasteiger partial charge on any atom is -0.365 e. The van der Waals surface area contributed by atoms with E-state index in [-0.39, 0.29) is 11.8 Å². The third-order valence-corrected chi connectivity index (χ3v) is 5.42. The van der Waals surface area contributed by atoms with Crippen molar-refractivity contribution in [3.05, 3.63) is 48.4 Å². The molecule has 0 unspecified atom stereocenters. The van der Waals surface area contributed by atoms with E-state index < -0.39 is 6.04 Å². The van der Waals surface area contributed by atoms with E-state index in [9.17, 15) is 9.59 Å². The highest BCUT2D eigenvalue weighted by molar-refractivity contribution is 5.89. The number of carbonyl (C=O) groups excluding carboxylic acids is 2. The number of nitrogens with zero attached hydrogens (tertiary/aromatic N) is 4. The van der Waals surface area contributed by atoms with Gasteiger partial charge in [-0.2, -0.15) is 5.10 Å². The molecule has 29 heavy (non-hydrogen) atoms. The zero-order valence-electron chi connectivity index (χ0n) is 16.8. The predicted molar refractivity (Wildman–Crippen MR) is 112 cm³/mol. The molecule has 0 radical (unpaired) electrons. The number of fused-ring (bicyclic) bond motifs is 1. The molecule has 1 saturated heterocycles. The Kier molecular flexibility index (Phi) is 5.24. The molecule has 1 aliphatic heterocycles. The normalized spacial score (nSPS) is 15.5. The van der Waals surface area contributed by atoms with E-state index in [1.165, 1.54) is 6.92 Å². The lowest BCUT2D eigenvalue weighted by atomic mass is 10.0. The molecule has 152 valence electrons. The first kappa shape index (κ1) is 19.0. The van der Waals surface area contributed by atoms with Crippen LogP contribution in [-0.2, 0) is 23.1 Å². The molecule has 0 aliphatic carbocycles. The van der Waals surface area contributed by atoms with Crippen LogP contribution < -0.4 is 10.2 Å². The lowest BCUT2D eigenvalue weighted by Gasteiger charge is -2.37. The summed E-state index contributed by atoms with van der Waals surface area (Å²) in [5.41, 5.74) is 3.13. The summed E-state index contributed by atoms with van der Waals surface area (Å²) in [5, 5.41) is 8.15. The summed E-state index contributed by atoms with van der Waals surface area (Å²) in [6.45, 7) is 4.19. The molecular formula is C21H26N6O2. The van der Waals surface area contributed by atoms with Crippen LogP contribution in [0.15, 0.2) is 42.9 Å². The minimum atomic E-state index is -0.573. The number of aromatic amines is 1. The van der Waals surface area contributed by atoms with Crippen LogP contribution in [-0.4, -0.2) is 63.7 Å². The first-order chi connectivity index (χ1) is 14.0. The number of nitrogens with one attached hydrogen (secondary N) is 2. The van der Waals surface area contributed by atoms with Crippen LogP contribution >= 0.6 is 0 Å². The Morgan fingerprint density at radius 1 is 1.21 bits per heavy atom. The smallest absolute Gasteiger partial charge is 0.245 e. The molecule has 3 aromatic rings. The number of para-hydroxylation sites is 1. The van der Waals surface area contributed by atoms with Gasteiger partial charge in [0.25, 0.3) is 0 Å². The van der Waals surface area contributed by atoms with E-state index in [0.717, 1.165) is 35.2 Å². The van der Waals surface area contributed by atoms with Crippen molar-refractivity contribution in [2.75, 3.05) is 31.1 Å². The maximum atomic E-state index is 13.2. The molecule has 1 fully saturated rings. The number of piperazine rings is 1. The van der Waals surface area contributed by atoms with Gasteiger partial charge >= 0.3 is 0 Å². The number of hydrogen-bond acceptors (Lipinski definition) is 4. The summed E-state index contributed by atoms with van der Waals surface area (Å²) in [5.74, 6) is -0.228. The van der Waals surface area contributed by atoms with Gasteiger partial charge in [-0.05, 0) is 11.6 Å². The Hall–Kier alpha value is -3.29. The SMILES string of the molecule is CC(=O)N[C@H](Cc1c[nH]c2ccccc12)C(=O)N1CCN(c2cnn(C)c2)CC1. The molecule has 1 aromatic carbocycles. The van der Waals surface area contributed by atoms with Gasteiger partial charge in [0, 0.05) is 69.9 Å². The molecule has 2 N–H and O–H groups in total. The van der Waals surface area contributed by atoms with Crippen molar-refractivity contribution in [3.63, 3.8) is 0 Å². The number of anilines is 1. The number of aromatic nitrogens is 3. The largest absolute Gasteiger partial charge is 0.365 e. The molecular weight excluding hydrogens is 368 g/mol. The van der Waals surface area contributed by atoms with Crippen LogP contribution in [0.25, 0.3) is 10.9 Å². The van der Waals surface area contributed by atoms with E-state index in [1.54, 1.807) is 4.68 Å². The van der Waals surface area contributed by atoms with Crippen molar-refractivity contribution in [1.29, 1.82) is 0 Å². The standard InChI is InChI=1S/C21H26N6O2/c1-15(28)24-20(11-16-12-22-19-6-4-3-5-18(16)19)21(29)27-9-7-26(8-10-27)17-13-23-25(2)14-17/h3-6,12-14,20,22H,7-11H2,1-2H3,(H,24,28)/t20-/m1/s1. The van der Waals surface area contributed by atoms with Crippen molar-refractivity contribution in [2.24, 2.45) is 7.05 Å². The van der Waals surface area contributed by atoms with E-state index >= 15 is 0 Å². The van der Waals surface area contributed by atoms with E-state index in [4.69, 9.17) is 0 Å². The fourth-order valence-corrected chi connectivity index (χ4v) is 3.94. The second-order valence-corrected chi connectivity index (χ2v) is 7.50. The average molecular weight is 394 g/mol. The molecule has 0 saturated carbocycles. The van der Waals surface area contributed by atoms with Crippen LogP contribution in [0.5, 0.6) is 0 Å². The van der Waals surface area contributed by atoms with Crippen molar-refractivity contribution < 1.29 is 9.59 Å². The van der Waals surface area contributed by atoms with Gasteiger partial charge in [-0.3, -0.25) is 14.3 Å². The number of H-pyrrole nitrogens is 1. The molecule has 8 heteroatoms. The topological polar surface area (TPSA) is 86.3 Å². The first-order valence-corrected chi connectivity index (χ1v) is 9.86. The fourth-order valence-electron chi connectivity index (χ4n) is 3.94. The number of amides is 2.